The molecular weight excluding hydrogens is 739 g/mol. The van der Waals surface area contributed by atoms with Gasteiger partial charge in [-0.3, -0.25) is 0 Å². The van der Waals surface area contributed by atoms with Gasteiger partial charge in [0.25, 0.3) is 0 Å². The van der Waals surface area contributed by atoms with E-state index in [9.17, 15) is 66.4 Å². The smallest absolute Gasteiger partial charge is 0.208 e. The molecule has 10 rings (SSSR count). The van der Waals surface area contributed by atoms with Gasteiger partial charge in [0, 0.05) is 22.1 Å². The molecule has 0 amide bonds. The maximum absolute atomic E-state index is 12.2. The Hall–Kier alpha value is -8.20. The molecule has 8 aromatic carbocycles. The minimum atomic E-state index is -1.10. The average molecular weight is 764 g/mol. The molecule has 1 aliphatic heterocycles. The molecule has 57 heavy (non-hydrogen) atoms. The van der Waals surface area contributed by atoms with E-state index in [1.54, 1.807) is 66.7 Å². The van der Waals surface area contributed by atoms with Crippen LogP contribution in [0.1, 0.15) is 0 Å². The van der Waals surface area contributed by atoms with E-state index in [0.717, 1.165) is 0 Å². The van der Waals surface area contributed by atoms with Crippen molar-refractivity contribution in [2.75, 3.05) is 0 Å². The minimum absolute atomic E-state index is 0.0323. The number of phenolic OH excluding ortho intramolecular Hbond substituents is 13. The van der Waals surface area contributed by atoms with Crippen LogP contribution < -0.4 is 10.9 Å². The molecule has 0 bridgehead atoms. The maximum Gasteiger partial charge on any atom is 0.208 e. The summed E-state index contributed by atoms with van der Waals surface area (Å²) in [4.78, 5) is 0. The van der Waals surface area contributed by atoms with Crippen molar-refractivity contribution in [3.63, 3.8) is 0 Å². The van der Waals surface area contributed by atoms with Crippen molar-refractivity contribution in [1.29, 1.82) is 0 Å². The van der Waals surface area contributed by atoms with Gasteiger partial charge in [-0.05, 0) is 61.1 Å². The van der Waals surface area contributed by atoms with Crippen molar-refractivity contribution in [1.82, 2.24) is 0 Å². The number of phenols is 13. The average Bonchev–Trinajstić information content (AvgIpc) is 3.60. The molecule has 0 aliphatic carbocycles. The summed E-state index contributed by atoms with van der Waals surface area (Å²) in [6.07, 6.45) is 0. The first-order valence-corrected chi connectivity index (χ1v) is 17.2. The molecule has 15 heteroatoms. The highest BCUT2D eigenvalue weighted by Crippen LogP contribution is 2.60. The Morgan fingerprint density at radius 3 is 1.39 bits per heavy atom. The molecule has 0 spiro atoms. The zero-order valence-corrected chi connectivity index (χ0v) is 28.8. The molecule has 1 aromatic heterocycles. The third-order valence-corrected chi connectivity index (χ3v) is 11.1. The lowest BCUT2D eigenvalue weighted by Crippen LogP contribution is -2.34. The van der Waals surface area contributed by atoms with Gasteiger partial charge in [-0.1, -0.05) is 54.6 Å². The van der Waals surface area contributed by atoms with Crippen LogP contribution in [0.2, 0.25) is 0 Å². The molecule has 0 unspecified atom stereocenters. The van der Waals surface area contributed by atoms with E-state index in [-0.39, 0.29) is 65.9 Å². The Balaban J connectivity index is 1.35. The zero-order valence-electron chi connectivity index (χ0n) is 28.8. The van der Waals surface area contributed by atoms with E-state index < -0.39 is 82.0 Å². The molecule has 1 aliphatic rings. The first kappa shape index (κ1) is 33.4. The zero-order chi connectivity index (χ0) is 40.1. The highest BCUT2D eigenvalue weighted by atomic mass is 16.4. The number of rotatable bonds is 2. The summed E-state index contributed by atoms with van der Waals surface area (Å²) in [7, 11) is -0.421. The standard InChI is InChI=1S/C42H25BO14/c44-29-21-17-11-12(19-13-5-1-3-7-15(13)20(16-8-4-2-6-14(16)19)25-31(46)38(53)41(56)39(54)32(25)47)9-10-18(17)57-42(21)26-22-23(29)24-28(35(50)40(55)37(52)30(24)45)43-27(22)34(49)36(51)33(26)48/h1-11,43-56H. The van der Waals surface area contributed by atoms with E-state index >= 15 is 0 Å². The monoisotopic (exact) mass is 764 g/mol. The van der Waals surface area contributed by atoms with Crippen LogP contribution in [0, 0.1) is 0 Å². The van der Waals surface area contributed by atoms with Gasteiger partial charge < -0.3 is 70.8 Å². The lowest BCUT2D eigenvalue weighted by atomic mass is 9.55. The molecule has 0 radical (unpaired) electrons. The van der Waals surface area contributed by atoms with Crippen LogP contribution in [0.25, 0.3) is 87.6 Å². The maximum atomic E-state index is 12.2. The van der Waals surface area contributed by atoms with Crippen LogP contribution in [-0.4, -0.2) is 73.7 Å². The lowest BCUT2D eigenvalue weighted by Gasteiger charge is -2.25. The van der Waals surface area contributed by atoms with Gasteiger partial charge in [-0.15, -0.1) is 0 Å². The Morgan fingerprint density at radius 2 is 0.807 bits per heavy atom. The molecule has 9 aromatic rings. The fraction of sp³-hybridized carbons (Fsp3) is 0. The quantitative estimate of drug-likeness (QED) is 0.0421. The summed E-state index contributed by atoms with van der Waals surface area (Å²) in [6, 6.07) is 18.8. The fourth-order valence-electron chi connectivity index (χ4n) is 8.58. The van der Waals surface area contributed by atoms with Crippen molar-refractivity contribution in [3.05, 3.63) is 66.7 Å². The third kappa shape index (κ3) is 3.98. The highest BCUT2D eigenvalue weighted by Gasteiger charge is 2.38. The largest absolute Gasteiger partial charge is 0.506 e. The van der Waals surface area contributed by atoms with Gasteiger partial charge in [0.05, 0.1) is 16.3 Å². The van der Waals surface area contributed by atoms with E-state index in [4.69, 9.17) is 4.42 Å². The second-order valence-electron chi connectivity index (χ2n) is 13.9. The van der Waals surface area contributed by atoms with Crippen LogP contribution in [-0.2, 0) is 0 Å². The molecular formula is C42H25BO14. The Morgan fingerprint density at radius 1 is 0.333 bits per heavy atom. The van der Waals surface area contributed by atoms with E-state index in [0.29, 0.717) is 32.7 Å². The van der Waals surface area contributed by atoms with Crippen molar-refractivity contribution >= 4 is 72.5 Å². The second kappa shape index (κ2) is 10.9. The lowest BCUT2D eigenvalue weighted by molar-refractivity contribution is 0.330. The number of aromatic hydroxyl groups is 13. The van der Waals surface area contributed by atoms with Crippen LogP contribution >= 0.6 is 0 Å². The summed E-state index contributed by atoms with van der Waals surface area (Å²) in [6.45, 7) is 0. The Bertz CT molecular complexity index is 3280. The normalized spacial score (nSPS) is 12.2. The van der Waals surface area contributed by atoms with Crippen molar-refractivity contribution in [2.24, 2.45) is 0 Å². The third-order valence-electron chi connectivity index (χ3n) is 11.1. The van der Waals surface area contributed by atoms with Crippen molar-refractivity contribution < 1.29 is 70.8 Å². The second-order valence-corrected chi connectivity index (χ2v) is 13.9. The van der Waals surface area contributed by atoms with Gasteiger partial charge in [0.2, 0.25) is 41.8 Å². The summed E-state index contributed by atoms with van der Waals surface area (Å²) >= 11 is 0. The molecule has 2 heterocycles. The number of benzene rings is 8. The summed E-state index contributed by atoms with van der Waals surface area (Å²) in [5.74, 6) is -12.0. The summed E-state index contributed by atoms with van der Waals surface area (Å²) in [5, 5.41) is 144. The first-order chi connectivity index (χ1) is 27.2. The first-order valence-electron chi connectivity index (χ1n) is 17.2. The van der Waals surface area contributed by atoms with Crippen LogP contribution in [0.3, 0.4) is 0 Å². The van der Waals surface area contributed by atoms with Crippen molar-refractivity contribution in [3.8, 4) is 108 Å². The number of hydrogen-bond acceptors (Lipinski definition) is 14. The Kier molecular flexibility index (Phi) is 6.41. The fourth-order valence-corrected chi connectivity index (χ4v) is 8.58. The highest BCUT2D eigenvalue weighted by molar-refractivity contribution is 6.75. The van der Waals surface area contributed by atoms with Gasteiger partial charge >= 0.3 is 0 Å². The van der Waals surface area contributed by atoms with Gasteiger partial charge in [-0.2, -0.15) is 0 Å². The number of furan rings is 1. The topological polar surface area (TPSA) is 276 Å². The van der Waals surface area contributed by atoms with E-state index in [2.05, 4.69) is 0 Å². The van der Waals surface area contributed by atoms with Crippen molar-refractivity contribution in [2.45, 2.75) is 0 Å². The SMILES string of the molecule is Oc1c(O)c(O)c(-c2c3ccccc3c(-c3ccc4oc5c6c(O)c(O)c(O)c7c6c(c(O)c5c4c3)-c3c(O)c(O)c(O)c(O)c3B7)c3ccccc23)c(O)c1O. The van der Waals surface area contributed by atoms with Crippen LogP contribution in [0.15, 0.2) is 71.1 Å². The Labute approximate surface area is 317 Å². The molecule has 0 saturated heterocycles. The van der Waals surface area contributed by atoms with Gasteiger partial charge in [0.15, 0.2) is 40.1 Å². The summed E-state index contributed by atoms with van der Waals surface area (Å²) in [5.41, 5.74) is 0.226. The minimum Gasteiger partial charge on any atom is -0.506 e. The van der Waals surface area contributed by atoms with Crippen LogP contribution in [0.4, 0.5) is 0 Å². The summed E-state index contributed by atoms with van der Waals surface area (Å²) < 4.78 is 6.25. The van der Waals surface area contributed by atoms with Crippen LogP contribution in [0.5, 0.6) is 74.7 Å². The molecule has 280 valence electrons. The van der Waals surface area contributed by atoms with Gasteiger partial charge in [-0.25, -0.2) is 0 Å². The predicted molar refractivity (Wildman–Crippen MR) is 211 cm³/mol. The molecule has 0 fully saturated rings. The van der Waals surface area contributed by atoms with E-state index in [1.807, 2.05) is 0 Å². The number of hydrogen-bond donors (Lipinski definition) is 13. The molecule has 0 atom stereocenters. The predicted octanol–water partition coefficient (Wildman–Crippen LogP) is 5.92. The van der Waals surface area contributed by atoms with Gasteiger partial charge in [0.1, 0.15) is 11.3 Å². The molecule has 0 saturated carbocycles. The van der Waals surface area contributed by atoms with E-state index in [1.165, 1.54) is 0 Å². The molecule has 13 N–H and O–H groups in total. The number of fused-ring (bicyclic) bond motifs is 8. The molecule has 14 nitrogen and oxygen atoms in total.